The lowest BCUT2D eigenvalue weighted by Crippen LogP contribution is -2.15. The number of benzene rings is 10. The van der Waals surface area contributed by atoms with Gasteiger partial charge < -0.3 is 4.90 Å². The number of hydrogen-bond acceptors (Lipinski definition) is 1. The third-order valence-corrected chi connectivity index (χ3v) is 12.7. The zero-order chi connectivity index (χ0) is 40.2. The maximum Gasteiger partial charge on any atom is 0.0546 e. The molecule has 10 aromatic carbocycles. The number of rotatable bonds is 7. The highest BCUT2D eigenvalue weighted by Gasteiger charge is 2.37. The molecule has 0 unspecified atom stereocenters. The van der Waals surface area contributed by atoms with Gasteiger partial charge in [-0.05, 0) is 101 Å². The number of para-hydroxylation sites is 1. The maximum absolute atomic E-state index is 2.53. The van der Waals surface area contributed by atoms with Gasteiger partial charge >= 0.3 is 0 Å². The normalized spacial score (nSPS) is 12.6. The smallest absolute Gasteiger partial charge is 0.0546 e. The van der Waals surface area contributed by atoms with E-state index >= 15 is 0 Å². The SMILES string of the molecule is CC1(C)c2ccccc2-c2c(-c3ccccc3N(c3ccc4c(ccc5ccccc54)c3)c3cccc(-c4ccccc4)c3-c3ccccc3-c3ccccc3)cccc21. The van der Waals surface area contributed by atoms with Gasteiger partial charge in [0.05, 0.1) is 11.4 Å². The first-order valence-corrected chi connectivity index (χ1v) is 20.9. The van der Waals surface area contributed by atoms with Crippen molar-refractivity contribution >= 4 is 38.6 Å². The lowest BCUT2D eigenvalue weighted by Gasteiger charge is -2.32. The molecule has 60 heavy (non-hydrogen) atoms. The molecule has 1 heteroatoms. The second kappa shape index (κ2) is 14.4. The highest BCUT2D eigenvalue weighted by Crippen LogP contribution is 2.55. The van der Waals surface area contributed by atoms with Crippen molar-refractivity contribution in [1.29, 1.82) is 0 Å². The fourth-order valence-corrected chi connectivity index (χ4v) is 9.86. The van der Waals surface area contributed by atoms with Crippen LogP contribution in [-0.4, -0.2) is 0 Å². The largest absolute Gasteiger partial charge is 0.309 e. The van der Waals surface area contributed by atoms with Gasteiger partial charge in [0.25, 0.3) is 0 Å². The first kappa shape index (κ1) is 35.7. The van der Waals surface area contributed by atoms with Crippen LogP contribution < -0.4 is 4.90 Å². The summed E-state index contributed by atoms with van der Waals surface area (Å²) in [4.78, 5) is 2.53. The summed E-state index contributed by atoms with van der Waals surface area (Å²) in [6, 6.07) is 82.6. The number of fused-ring (bicyclic) bond motifs is 6. The van der Waals surface area contributed by atoms with Gasteiger partial charge in [0.1, 0.15) is 0 Å². The molecule has 284 valence electrons. The van der Waals surface area contributed by atoms with E-state index in [0.29, 0.717) is 0 Å². The Morgan fingerprint density at radius 3 is 1.65 bits per heavy atom. The summed E-state index contributed by atoms with van der Waals surface area (Å²) in [5, 5.41) is 4.96. The van der Waals surface area contributed by atoms with Crippen molar-refractivity contribution in [3.8, 4) is 55.6 Å². The molecule has 0 aliphatic heterocycles. The van der Waals surface area contributed by atoms with E-state index < -0.39 is 0 Å². The van der Waals surface area contributed by atoms with Gasteiger partial charge in [-0.15, -0.1) is 0 Å². The molecule has 1 aliphatic carbocycles. The van der Waals surface area contributed by atoms with Crippen LogP contribution in [0.25, 0.3) is 77.2 Å². The molecule has 0 saturated carbocycles. The van der Waals surface area contributed by atoms with E-state index in [9.17, 15) is 0 Å². The summed E-state index contributed by atoms with van der Waals surface area (Å²) in [5.41, 5.74) is 18.1. The van der Waals surface area contributed by atoms with E-state index in [1.165, 1.54) is 88.3 Å². The summed E-state index contributed by atoms with van der Waals surface area (Å²) in [6.07, 6.45) is 0. The summed E-state index contributed by atoms with van der Waals surface area (Å²) < 4.78 is 0. The summed E-state index contributed by atoms with van der Waals surface area (Å²) in [5.74, 6) is 0. The van der Waals surface area contributed by atoms with Gasteiger partial charge in [-0.25, -0.2) is 0 Å². The Bertz CT molecular complexity index is 3230. The van der Waals surface area contributed by atoms with Gasteiger partial charge in [0, 0.05) is 22.2 Å². The number of hydrogen-bond donors (Lipinski definition) is 0. The van der Waals surface area contributed by atoms with Crippen molar-refractivity contribution in [3.63, 3.8) is 0 Å². The van der Waals surface area contributed by atoms with Gasteiger partial charge in [-0.2, -0.15) is 0 Å². The second-order valence-electron chi connectivity index (χ2n) is 16.4. The molecule has 11 rings (SSSR count). The zero-order valence-corrected chi connectivity index (χ0v) is 33.8. The Morgan fingerprint density at radius 1 is 0.317 bits per heavy atom. The Morgan fingerprint density at radius 2 is 0.850 bits per heavy atom. The fraction of sp³-hybridized carbons (Fsp3) is 0.0508. The first-order valence-electron chi connectivity index (χ1n) is 20.9. The van der Waals surface area contributed by atoms with Crippen LogP contribution >= 0.6 is 0 Å². The molecular formula is C59H43N. The van der Waals surface area contributed by atoms with Crippen molar-refractivity contribution in [2.45, 2.75) is 19.3 Å². The van der Waals surface area contributed by atoms with Crippen molar-refractivity contribution in [1.82, 2.24) is 0 Å². The lowest BCUT2D eigenvalue weighted by molar-refractivity contribution is 0.660. The Labute approximate surface area is 352 Å². The van der Waals surface area contributed by atoms with Crippen molar-refractivity contribution < 1.29 is 0 Å². The van der Waals surface area contributed by atoms with Crippen LogP contribution in [0.1, 0.15) is 25.0 Å². The lowest BCUT2D eigenvalue weighted by atomic mass is 9.82. The Kier molecular flexibility index (Phi) is 8.57. The van der Waals surface area contributed by atoms with Gasteiger partial charge in [0.15, 0.2) is 0 Å². The van der Waals surface area contributed by atoms with Crippen molar-refractivity contribution in [2.75, 3.05) is 4.90 Å². The molecule has 0 fully saturated rings. The van der Waals surface area contributed by atoms with Gasteiger partial charge in [-0.3, -0.25) is 0 Å². The van der Waals surface area contributed by atoms with E-state index in [4.69, 9.17) is 0 Å². The van der Waals surface area contributed by atoms with Crippen LogP contribution in [-0.2, 0) is 5.41 Å². The summed E-state index contributed by atoms with van der Waals surface area (Å²) in [6.45, 7) is 4.73. The van der Waals surface area contributed by atoms with Gasteiger partial charge in [0.2, 0.25) is 0 Å². The van der Waals surface area contributed by atoms with Crippen LogP contribution in [0, 0.1) is 0 Å². The molecular weight excluding hydrogens is 723 g/mol. The minimum absolute atomic E-state index is 0.115. The molecule has 0 N–H and O–H groups in total. The minimum atomic E-state index is -0.115. The molecule has 0 atom stereocenters. The predicted molar refractivity (Wildman–Crippen MR) is 255 cm³/mol. The van der Waals surface area contributed by atoms with E-state index in [-0.39, 0.29) is 5.41 Å². The average Bonchev–Trinajstić information content (AvgIpc) is 3.55. The molecule has 1 aliphatic rings. The number of nitrogens with zero attached hydrogens (tertiary/aromatic N) is 1. The Balaban J connectivity index is 1.24. The predicted octanol–water partition coefficient (Wildman–Crippen LogP) is 16.4. The van der Waals surface area contributed by atoms with E-state index in [1.807, 2.05) is 0 Å². The third kappa shape index (κ3) is 5.77. The molecule has 1 nitrogen and oxygen atoms in total. The minimum Gasteiger partial charge on any atom is -0.309 e. The Hall–Kier alpha value is -7.48. The molecule has 0 heterocycles. The third-order valence-electron chi connectivity index (χ3n) is 12.7. The highest BCUT2D eigenvalue weighted by molar-refractivity contribution is 6.10. The molecule has 0 radical (unpaired) electrons. The molecule has 0 amide bonds. The number of anilines is 3. The van der Waals surface area contributed by atoms with Crippen LogP contribution in [0.4, 0.5) is 17.1 Å². The molecule has 0 aromatic heterocycles. The van der Waals surface area contributed by atoms with Crippen LogP contribution in [0.3, 0.4) is 0 Å². The van der Waals surface area contributed by atoms with Crippen LogP contribution in [0.5, 0.6) is 0 Å². The zero-order valence-electron chi connectivity index (χ0n) is 33.8. The highest BCUT2D eigenvalue weighted by atomic mass is 15.1. The van der Waals surface area contributed by atoms with Crippen LogP contribution in [0.2, 0.25) is 0 Å². The molecule has 0 bridgehead atoms. The monoisotopic (exact) mass is 765 g/mol. The van der Waals surface area contributed by atoms with Crippen LogP contribution in [0.15, 0.2) is 224 Å². The fourth-order valence-electron chi connectivity index (χ4n) is 9.86. The van der Waals surface area contributed by atoms with Crippen molar-refractivity contribution in [2.24, 2.45) is 0 Å². The molecule has 10 aromatic rings. The average molecular weight is 766 g/mol. The van der Waals surface area contributed by atoms with Gasteiger partial charge in [-0.1, -0.05) is 214 Å². The van der Waals surface area contributed by atoms with E-state index in [1.54, 1.807) is 0 Å². The molecule has 0 saturated heterocycles. The second-order valence-corrected chi connectivity index (χ2v) is 16.4. The molecule has 0 spiro atoms. The maximum atomic E-state index is 2.53. The quantitative estimate of drug-likeness (QED) is 0.146. The standard InChI is InChI=1S/C59H43N/c1-59(2)53-31-15-13-28-52(53)57-51(30-17-32-54(57)59)49-26-14-16-33-55(49)60(44-37-38-47-43(39-44)36-35-42-23-9-10-24-45(42)47)56-34-18-29-48(41-21-7-4-8-22-41)58(56)50-27-12-11-25-46(50)40-19-5-3-6-20-40/h3-39H,1-2H3. The summed E-state index contributed by atoms with van der Waals surface area (Å²) >= 11 is 0. The first-order chi connectivity index (χ1) is 29.6. The van der Waals surface area contributed by atoms with E-state index in [0.717, 1.165) is 17.1 Å². The van der Waals surface area contributed by atoms with E-state index in [2.05, 4.69) is 243 Å². The van der Waals surface area contributed by atoms with Crippen molar-refractivity contribution in [3.05, 3.63) is 236 Å². The topological polar surface area (TPSA) is 3.24 Å². The summed E-state index contributed by atoms with van der Waals surface area (Å²) in [7, 11) is 0.